The lowest BCUT2D eigenvalue weighted by molar-refractivity contribution is -0.132. The number of aliphatic hydroxyl groups excluding tert-OH is 1. The Kier molecular flexibility index (Phi) is 8.04. The van der Waals surface area contributed by atoms with Gasteiger partial charge in [0.25, 0.3) is 11.7 Å². The van der Waals surface area contributed by atoms with Crippen LogP contribution < -0.4 is 19.1 Å². The van der Waals surface area contributed by atoms with Crippen LogP contribution in [0.1, 0.15) is 37.4 Å². The lowest BCUT2D eigenvalue weighted by Crippen LogP contribution is -2.29. The van der Waals surface area contributed by atoms with Crippen LogP contribution in [0.15, 0.2) is 72.3 Å². The number of hydrogen-bond donors (Lipinski definition) is 1. The summed E-state index contributed by atoms with van der Waals surface area (Å²) >= 11 is 6.41. The third kappa shape index (κ3) is 5.27. The van der Waals surface area contributed by atoms with E-state index in [9.17, 15) is 14.7 Å². The van der Waals surface area contributed by atoms with Gasteiger partial charge in [0.15, 0.2) is 0 Å². The van der Waals surface area contributed by atoms with Gasteiger partial charge in [0.1, 0.15) is 23.0 Å². The molecule has 0 spiro atoms. The predicted octanol–water partition coefficient (Wildman–Crippen LogP) is 6.16. The van der Waals surface area contributed by atoms with Gasteiger partial charge >= 0.3 is 0 Å². The summed E-state index contributed by atoms with van der Waals surface area (Å²) in [5, 5.41) is 11.6. The zero-order valence-electron chi connectivity index (χ0n) is 20.9. The molecule has 8 heteroatoms. The van der Waals surface area contributed by atoms with Crippen LogP contribution in [0.4, 0.5) is 5.69 Å². The maximum atomic E-state index is 13.4. The monoisotopic (exact) mass is 521 g/mol. The van der Waals surface area contributed by atoms with Crippen LogP contribution >= 0.6 is 11.6 Å². The summed E-state index contributed by atoms with van der Waals surface area (Å²) in [4.78, 5) is 28.1. The normalized spacial score (nSPS) is 16.6. The molecule has 3 aromatic carbocycles. The fraction of sp³-hybridized carbons (Fsp3) is 0.241. The van der Waals surface area contributed by atoms with Gasteiger partial charge < -0.3 is 19.3 Å². The van der Waals surface area contributed by atoms with E-state index in [1.807, 2.05) is 13.8 Å². The molecule has 1 amide bonds. The average molecular weight is 522 g/mol. The van der Waals surface area contributed by atoms with E-state index < -0.39 is 17.7 Å². The van der Waals surface area contributed by atoms with E-state index in [0.717, 1.165) is 6.42 Å². The lowest BCUT2D eigenvalue weighted by atomic mass is 9.95. The van der Waals surface area contributed by atoms with E-state index in [-0.39, 0.29) is 21.9 Å². The maximum Gasteiger partial charge on any atom is 0.300 e. The van der Waals surface area contributed by atoms with Gasteiger partial charge in [-0.3, -0.25) is 14.5 Å². The van der Waals surface area contributed by atoms with Crippen molar-refractivity contribution in [3.8, 4) is 17.2 Å². The number of ketones is 1. The molecule has 0 aromatic heterocycles. The third-order valence-corrected chi connectivity index (χ3v) is 6.30. The fourth-order valence-electron chi connectivity index (χ4n) is 4.21. The van der Waals surface area contributed by atoms with Gasteiger partial charge in [0, 0.05) is 11.3 Å². The average Bonchev–Trinajstić information content (AvgIpc) is 3.18. The van der Waals surface area contributed by atoms with Gasteiger partial charge in [-0.15, -0.1) is 0 Å². The molecule has 7 nitrogen and oxygen atoms in total. The first-order valence-electron chi connectivity index (χ1n) is 12.0. The molecule has 1 atom stereocenters. The highest BCUT2D eigenvalue weighted by Crippen LogP contribution is 2.44. The molecular formula is C29H28ClNO6. The van der Waals surface area contributed by atoms with Crippen molar-refractivity contribution in [2.24, 2.45) is 0 Å². The first-order valence-corrected chi connectivity index (χ1v) is 12.4. The van der Waals surface area contributed by atoms with Crippen LogP contribution in [0.3, 0.4) is 0 Å². The first-order chi connectivity index (χ1) is 17.9. The first kappa shape index (κ1) is 26.1. The van der Waals surface area contributed by atoms with Gasteiger partial charge in [-0.05, 0) is 73.5 Å². The fourth-order valence-corrected chi connectivity index (χ4v) is 4.42. The molecule has 4 rings (SSSR count). The zero-order chi connectivity index (χ0) is 26.5. The molecule has 1 unspecified atom stereocenters. The van der Waals surface area contributed by atoms with Crippen molar-refractivity contribution >= 4 is 34.7 Å². The van der Waals surface area contributed by atoms with Crippen molar-refractivity contribution in [3.05, 3.63) is 88.5 Å². The Labute approximate surface area is 220 Å². The SMILES string of the molecule is CCCOc1ccc(C2/C(=C(\O)c3cc(OCC)ccc3Cl)C(=O)C(=O)N2c2ccc(OC)cc2)cc1. The summed E-state index contributed by atoms with van der Waals surface area (Å²) < 4.78 is 16.5. The Morgan fingerprint density at radius 2 is 1.57 bits per heavy atom. The molecule has 0 aliphatic carbocycles. The minimum Gasteiger partial charge on any atom is -0.507 e. The van der Waals surface area contributed by atoms with E-state index in [2.05, 4.69) is 0 Å². The van der Waals surface area contributed by atoms with Crippen LogP contribution in [0.25, 0.3) is 5.76 Å². The summed E-state index contributed by atoms with van der Waals surface area (Å²) in [6, 6.07) is 17.8. The summed E-state index contributed by atoms with van der Waals surface area (Å²) in [5.41, 5.74) is 1.23. The second-order valence-corrected chi connectivity index (χ2v) is 8.77. The number of hydrogen-bond acceptors (Lipinski definition) is 6. The van der Waals surface area contributed by atoms with Crippen LogP contribution in [0, 0.1) is 0 Å². The molecule has 1 fully saturated rings. The maximum absolute atomic E-state index is 13.4. The molecule has 1 aliphatic heterocycles. The van der Waals surface area contributed by atoms with Gasteiger partial charge in [-0.2, -0.15) is 0 Å². The molecule has 1 N–H and O–H groups in total. The van der Waals surface area contributed by atoms with Crippen molar-refractivity contribution in [1.29, 1.82) is 0 Å². The van der Waals surface area contributed by atoms with Crippen LogP contribution in [0.5, 0.6) is 17.2 Å². The number of rotatable bonds is 9. The number of nitrogens with zero attached hydrogens (tertiary/aromatic N) is 1. The predicted molar refractivity (Wildman–Crippen MR) is 143 cm³/mol. The zero-order valence-corrected chi connectivity index (χ0v) is 21.6. The molecular weight excluding hydrogens is 494 g/mol. The van der Waals surface area contributed by atoms with E-state index in [1.54, 1.807) is 73.8 Å². The summed E-state index contributed by atoms with van der Waals surface area (Å²) in [6.07, 6.45) is 0.862. The van der Waals surface area contributed by atoms with E-state index in [1.165, 1.54) is 4.90 Å². The summed E-state index contributed by atoms with van der Waals surface area (Å²) in [6.45, 7) is 4.83. The number of Topliss-reactive ketones (excluding diaryl/α,β-unsaturated/α-hetero) is 1. The Bertz CT molecular complexity index is 1320. The van der Waals surface area contributed by atoms with Crippen LogP contribution in [-0.4, -0.2) is 37.1 Å². The van der Waals surface area contributed by atoms with Gasteiger partial charge in [-0.25, -0.2) is 0 Å². The number of carbonyl (C=O) groups is 2. The van der Waals surface area contributed by atoms with Crippen molar-refractivity contribution < 1.29 is 28.9 Å². The molecule has 1 heterocycles. The Morgan fingerprint density at radius 3 is 2.19 bits per heavy atom. The summed E-state index contributed by atoms with van der Waals surface area (Å²) in [5.74, 6) is -0.208. The van der Waals surface area contributed by atoms with Crippen molar-refractivity contribution in [2.45, 2.75) is 26.3 Å². The topological polar surface area (TPSA) is 85.3 Å². The number of ether oxygens (including phenoxy) is 3. The Morgan fingerprint density at radius 1 is 0.919 bits per heavy atom. The smallest absolute Gasteiger partial charge is 0.300 e. The number of amides is 1. The van der Waals surface area contributed by atoms with E-state index >= 15 is 0 Å². The molecule has 3 aromatic rings. The van der Waals surface area contributed by atoms with Crippen molar-refractivity contribution in [1.82, 2.24) is 0 Å². The largest absolute Gasteiger partial charge is 0.507 e. The number of anilines is 1. The standard InChI is InChI=1S/C29H28ClNO6/c1-4-16-37-21-10-6-18(7-11-21)26-25(27(32)23-17-22(36-5-2)14-15-24(23)30)28(33)29(34)31(26)19-8-12-20(35-3)13-9-19/h6-15,17,26,32H,4-5,16H2,1-3H3/b27-25+. The third-order valence-electron chi connectivity index (χ3n) is 5.97. The minimum absolute atomic E-state index is 0.0707. The van der Waals surface area contributed by atoms with E-state index in [4.69, 9.17) is 25.8 Å². The Hall–Kier alpha value is -3.97. The second kappa shape index (κ2) is 11.4. The number of carbonyl (C=O) groups excluding carboxylic acids is 2. The lowest BCUT2D eigenvalue weighted by Gasteiger charge is -2.26. The number of methoxy groups -OCH3 is 1. The molecule has 1 aliphatic rings. The van der Waals surface area contributed by atoms with Crippen molar-refractivity contribution in [3.63, 3.8) is 0 Å². The molecule has 1 saturated heterocycles. The summed E-state index contributed by atoms with van der Waals surface area (Å²) in [7, 11) is 1.55. The van der Waals surface area contributed by atoms with E-state index in [0.29, 0.717) is 41.7 Å². The number of benzene rings is 3. The molecule has 0 radical (unpaired) electrons. The number of halogens is 1. The van der Waals surface area contributed by atoms with Gasteiger partial charge in [-0.1, -0.05) is 30.7 Å². The highest BCUT2D eigenvalue weighted by molar-refractivity contribution is 6.52. The van der Waals surface area contributed by atoms with Crippen molar-refractivity contribution in [2.75, 3.05) is 25.2 Å². The number of aliphatic hydroxyl groups is 1. The minimum atomic E-state index is -0.902. The van der Waals surface area contributed by atoms with Crippen LogP contribution in [-0.2, 0) is 9.59 Å². The quantitative estimate of drug-likeness (QED) is 0.206. The highest BCUT2D eigenvalue weighted by Gasteiger charge is 2.47. The van der Waals surface area contributed by atoms with Crippen LogP contribution in [0.2, 0.25) is 5.02 Å². The molecule has 192 valence electrons. The van der Waals surface area contributed by atoms with Gasteiger partial charge in [0.05, 0.1) is 37.0 Å². The highest BCUT2D eigenvalue weighted by atomic mass is 35.5. The molecule has 37 heavy (non-hydrogen) atoms. The molecule has 0 saturated carbocycles. The Balaban J connectivity index is 1.88. The van der Waals surface area contributed by atoms with Gasteiger partial charge in [0.2, 0.25) is 0 Å². The second-order valence-electron chi connectivity index (χ2n) is 8.36. The molecule has 0 bridgehead atoms.